The van der Waals surface area contributed by atoms with E-state index in [0.717, 1.165) is 22.3 Å². The number of hydrogen-bond acceptors (Lipinski definition) is 7. The Morgan fingerprint density at radius 1 is 0.930 bits per heavy atom. The van der Waals surface area contributed by atoms with Crippen molar-refractivity contribution in [2.45, 2.75) is 70.4 Å². The lowest BCUT2D eigenvalue weighted by Crippen LogP contribution is -2.46. The first-order chi connectivity index (χ1) is 20.7. The highest BCUT2D eigenvalue weighted by molar-refractivity contribution is 5.90. The van der Waals surface area contributed by atoms with E-state index in [1.54, 1.807) is 12.1 Å². The van der Waals surface area contributed by atoms with Crippen LogP contribution >= 0.6 is 0 Å². The molecule has 1 amide bonds. The summed E-state index contributed by atoms with van der Waals surface area (Å²) in [5.74, 6) is -1.19. The zero-order valence-electron chi connectivity index (χ0n) is 24.9. The second-order valence-electron chi connectivity index (χ2n) is 11.3. The van der Waals surface area contributed by atoms with Crippen LogP contribution in [0.2, 0.25) is 0 Å². The van der Waals surface area contributed by atoms with E-state index in [-0.39, 0.29) is 55.9 Å². The summed E-state index contributed by atoms with van der Waals surface area (Å²) in [6.45, 7) is 4.62. The molecule has 0 aromatic heterocycles. The van der Waals surface area contributed by atoms with Crippen LogP contribution in [-0.2, 0) is 25.7 Å². The first-order valence-corrected chi connectivity index (χ1v) is 14.7. The van der Waals surface area contributed by atoms with E-state index in [9.17, 15) is 19.8 Å². The van der Waals surface area contributed by atoms with E-state index in [1.165, 1.54) is 0 Å². The number of nitrogens with one attached hydrogen (secondary N) is 1. The highest BCUT2D eigenvalue weighted by Gasteiger charge is 2.39. The molecule has 3 aromatic rings. The molecule has 3 aromatic carbocycles. The van der Waals surface area contributed by atoms with E-state index in [1.807, 2.05) is 80.7 Å². The third-order valence-corrected chi connectivity index (χ3v) is 8.15. The lowest BCUT2D eigenvalue weighted by atomic mass is 9.89. The zero-order chi connectivity index (χ0) is 30.9. The van der Waals surface area contributed by atoms with Crippen molar-refractivity contribution in [3.63, 3.8) is 0 Å². The third-order valence-electron chi connectivity index (χ3n) is 8.15. The summed E-state index contributed by atoms with van der Waals surface area (Å²) in [6.07, 6.45) is -1.50. The van der Waals surface area contributed by atoms with Gasteiger partial charge in [0.25, 0.3) is 0 Å². The predicted molar refractivity (Wildman–Crippen MR) is 163 cm³/mol. The number of aliphatic hydroxyl groups excluding tert-OH is 2. The number of amides is 1. The fourth-order valence-corrected chi connectivity index (χ4v) is 5.30. The van der Waals surface area contributed by atoms with E-state index in [4.69, 9.17) is 14.6 Å². The van der Waals surface area contributed by atoms with Crippen LogP contribution in [0.15, 0.2) is 78.9 Å². The Balaban J connectivity index is 1.50. The van der Waals surface area contributed by atoms with Crippen molar-refractivity contribution in [3.05, 3.63) is 101 Å². The van der Waals surface area contributed by atoms with E-state index >= 15 is 0 Å². The van der Waals surface area contributed by atoms with E-state index in [2.05, 4.69) is 17.1 Å². The highest BCUT2D eigenvalue weighted by Crippen LogP contribution is 2.42. The SMILES string of the molecule is C[C@@H]1[C@H](CN(C)[C@@H](C)[C@H](O)c2ccccc2)O[C@H](c2ccc(NC(=O)CCCC(=O)O)cc2)O[C@@H]1c1ccc(CO)cc1. The van der Waals surface area contributed by atoms with Gasteiger partial charge in [-0.2, -0.15) is 0 Å². The van der Waals surface area contributed by atoms with E-state index < -0.39 is 18.4 Å². The summed E-state index contributed by atoms with van der Waals surface area (Å²) in [5, 5.41) is 32.2. The fraction of sp³-hybridized carbons (Fsp3) is 0.412. The Labute approximate surface area is 253 Å². The van der Waals surface area contributed by atoms with Gasteiger partial charge in [-0.05, 0) is 49.2 Å². The smallest absolute Gasteiger partial charge is 0.303 e. The number of carbonyl (C=O) groups is 2. The van der Waals surface area contributed by atoms with Crippen molar-refractivity contribution in [1.29, 1.82) is 0 Å². The molecule has 43 heavy (non-hydrogen) atoms. The van der Waals surface area contributed by atoms with Crippen LogP contribution < -0.4 is 5.32 Å². The molecule has 0 bridgehead atoms. The molecule has 0 unspecified atom stereocenters. The van der Waals surface area contributed by atoms with Gasteiger partial charge in [0.05, 0.1) is 24.9 Å². The van der Waals surface area contributed by atoms with Crippen LogP contribution in [0, 0.1) is 5.92 Å². The van der Waals surface area contributed by atoms with Gasteiger partial charge in [0.15, 0.2) is 6.29 Å². The third kappa shape index (κ3) is 8.72. The Morgan fingerprint density at radius 3 is 2.21 bits per heavy atom. The first kappa shape index (κ1) is 32.3. The standard InChI is InChI=1S/C34H42N2O7/c1-22-29(20-36(3)23(2)32(41)25-8-5-4-6-9-25)42-34(43-33(22)26-14-12-24(21-37)13-15-26)27-16-18-28(19-17-27)35-30(38)10-7-11-31(39)40/h4-6,8-9,12-19,22-23,29,32-34,37,41H,7,10-11,20-21H2,1-3H3,(H,35,38)(H,39,40)/t22-,23+,29+,32+,33+,34+/m1/s1. The first-order valence-electron chi connectivity index (χ1n) is 14.7. The molecule has 1 fully saturated rings. The topological polar surface area (TPSA) is 129 Å². The van der Waals surface area contributed by atoms with E-state index in [0.29, 0.717) is 12.2 Å². The lowest BCUT2D eigenvalue weighted by Gasteiger charge is -2.43. The van der Waals surface area contributed by atoms with Gasteiger partial charge in [0.2, 0.25) is 5.91 Å². The maximum Gasteiger partial charge on any atom is 0.303 e. The minimum Gasteiger partial charge on any atom is -0.481 e. The second kappa shape index (κ2) is 15.2. The predicted octanol–water partition coefficient (Wildman–Crippen LogP) is 5.22. The monoisotopic (exact) mass is 590 g/mol. The normalized spacial score (nSPS) is 21.7. The van der Waals surface area contributed by atoms with Gasteiger partial charge < -0.3 is 30.1 Å². The van der Waals surface area contributed by atoms with Crippen molar-refractivity contribution in [3.8, 4) is 0 Å². The molecule has 4 rings (SSSR count). The molecule has 230 valence electrons. The average Bonchev–Trinajstić information content (AvgIpc) is 3.02. The van der Waals surface area contributed by atoms with Crippen LogP contribution in [0.25, 0.3) is 0 Å². The molecule has 1 aliphatic heterocycles. The second-order valence-corrected chi connectivity index (χ2v) is 11.3. The molecule has 0 spiro atoms. The van der Waals surface area contributed by atoms with Crippen molar-refractivity contribution in [1.82, 2.24) is 4.90 Å². The number of benzene rings is 3. The van der Waals surface area contributed by atoms with Crippen molar-refractivity contribution in [2.75, 3.05) is 18.9 Å². The van der Waals surface area contributed by atoms with Gasteiger partial charge in [0, 0.05) is 42.6 Å². The summed E-state index contributed by atoms with van der Waals surface area (Å²) in [5.41, 5.74) is 4.05. The number of carbonyl (C=O) groups excluding carboxylic acids is 1. The molecule has 0 aliphatic carbocycles. The lowest BCUT2D eigenvalue weighted by molar-refractivity contribution is -0.276. The number of aliphatic carboxylic acids is 1. The molecule has 1 heterocycles. The van der Waals surface area contributed by atoms with Crippen LogP contribution in [0.3, 0.4) is 0 Å². The molecule has 1 saturated heterocycles. The average molecular weight is 591 g/mol. The van der Waals surface area contributed by atoms with Crippen LogP contribution in [0.5, 0.6) is 0 Å². The number of anilines is 1. The van der Waals surface area contributed by atoms with Crippen LogP contribution in [-0.4, -0.2) is 57.8 Å². The molecule has 9 nitrogen and oxygen atoms in total. The molecule has 0 radical (unpaired) electrons. The number of hydrogen-bond donors (Lipinski definition) is 4. The number of carboxylic acid groups (broad SMARTS) is 1. The van der Waals surface area contributed by atoms with Crippen molar-refractivity contribution in [2.24, 2.45) is 5.92 Å². The number of nitrogens with zero attached hydrogens (tertiary/aromatic N) is 1. The summed E-state index contributed by atoms with van der Waals surface area (Å²) in [7, 11) is 1.98. The van der Waals surface area contributed by atoms with Gasteiger partial charge in [-0.3, -0.25) is 14.5 Å². The van der Waals surface area contributed by atoms with Gasteiger partial charge >= 0.3 is 5.97 Å². The molecule has 4 N–H and O–H groups in total. The maximum atomic E-state index is 12.2. The fourth-order valence-electron chi connectivity index (χ4n) is 5.30. The van der Waals surface area contributed by atoms with Gasteiger partial charge in [-0.15, -0.1) is 0 Å². The molecule has 9 heteroatoms. The number of ether oxygens (including phenoxy) is 2. The van der Waals surface area contributed by atoms with Crippen molar-refractivity contribution < 1.29 is 34.4 Å². The van der Waals surface area contributed by atoms with Gasteiger partial charge in [0.1, 0.15) is 0 Å². The molecule has 6 atom stereocenters. The molecule has 1 aliphatic rings. The number of carboxylic acids is 1. The number of rotatable bonds is 13. The zero-order valence-corrected chi connectivity index (χ0v) is 24.9. The quantitative estimate of drug-likeness (QED) is 0.213. The molecular weight excluding hydrogens is 548 g/mol. The number of aliphatic hydroxyl groups is 2. The van der Waals surface area contributed by atoms with Crippen LogP contribution in [0.4, 0.5) is 5.69 Å². The van der Waals surface area contributed by atoms with Crippen molar-refractivity contribution >= 4 is 17.6 Å². The molecule has 0 saturated carbocycles. The minimum absolute atomic E-state index is 0.0240. The number of likely N-dealkylation sites (N-methyl/N-ethyl adjacent to an activating group) is 1. The summed E-state index contributed by atoms with van der Waals surface area (Å²) >= 11 is 0. The summed E-state index contributed by atoms with van der Waals surface area (Å²) < 4.78 is 13.1. The summed E-state index contributed by atoms with van der Waals surface area (Å²) in [4.78, 5) is 25.0. The van der Waals surface area contributed by atoms with Crippen LogP contribution in [0.1, 0.15) is 73.9 Å². The highest BCUT2D eigenvalue weighted by atomic mass is 16.7. The largest absolute Gasteiger partial charge is 0.481 e. The Kier molecular flexibility index (Phi) is 11.4. The Hall–Kier alpha value is -3.60. The Morgan fingerprint density at radius 2 is 1.58 bits per heavy atom. The Bertz CT molecular complexity index is 1320. The maximum absolute atomic E-state index is 12.2. The van der Waals surface area contributed by atoms with Gasteiger partial charge in [-0.25, -0.2) is 0 Å². The minimum atomic E-state index is -0.923. The molecular formula is C34H42N2O7. The van der Waals surface area contributed by atoms with Gasteiger partial charge in [-0.1, -0.05) is 73.7 Å². The summed E-state index contributed by atoms with van der Waals surface area (Å²) in [6, 6.07) is 24.4.